The highest BCUT2D eigenvalue weighted by Gasteiger charge is 2.39. The van der Waals surface area contributed by atoms with Crippen molar-refractivity contribution in [3.05, 3.63) is 106 Å². The summed E-state index contributed by atoms with van der Waals surface area (Å²) < 4.78 is 46.2. The minimum Gasteiger partial charge on any atom is -0.270 e. The molecule has 0 aromatic heterocycles. The zero-order valence-corrected chi connectivity index (χ0v) is 23.1. The number of nitrogens with zero attached hydrogens (tertiary/aromatic N) is 2. The van der Waals surface area contributed by atoms with Crippen molar-refractivity contribution in [3.8, 4) is 0 Å². The molecule has 12 nitrogen and oxygen atoms in total. The molecule has 2 aliphatic heterocycles. The van der Waals surface area contributed by atoms with Crippen molar-refractivity contribution in [2.24, 2.45) is 10.3 Å². The van der Waals surface area contributed by atoms with Crippen LogP contribution in [-0.2, 0) is 33.1 Å². The molecule has 0 bridgehead atoms. The zero-order chi connectivity index (χ0) is 30.1. The van der Waals surface area contributed by atoms with Gasteiger partial charge in [0.05, 0.1) is 22.9 Å². The van der Waals surface area contributed by atoms with Gasteiger partial charge < -0.3 is 0 Å². The van der Waals surface area contributed by atoms with Crippen LogP contribution in [0.25, 0.3) is 10.8 Å². The molecule has 6 rings (SSSR count). The highest BCUT2D eigenvalue weighted by Crippen LogP contribution is 2.38. The molecule has 4 aromatic rings. The van der Waals surface area contributed by atoms with Crippen molar-refractivity contribution < 1.29 is 36.0 Å². The highest BCUT2D eigenvalue weighted by atomic mass is 32.2. The Balaban J connectivity index is 1.35. The summed E-state index contributed by atoms with van der Waals surface area (Å²) in [4.78, 5) is 55.8. The Kier molecular flexibility index (Phi) is 6.13. The van der Waals surface area contributed by atoms with Gasteiger partial charge in [0, 0.05) is 33.0 Å². The molecule has 0 spiro atoms. The third-order valence-corrected chi connectivity index (χ3v) is 9.11. The van der Waals surface area contributed by atoms with E-state index in [0.717, 1.165) is 9.80 Å². The predicted octanol–water partition coefficient (Wildman–Crippen LogP) is 1.73. The average molecular weight is 605 g/mol. The quantitative estimate of drug-likeness (QED) is 0.310. The number of sulfonamides is 2. The fourth-order valence-corrected chi connectivity index (χ4v) is 6.23. The normalized spacial score (nSPS) is 15.1. The average Bonchev–Trinajstić information content (AvgIpc) is 2.94. The van der Waals surface area contributed by atoms with Gasteiger partial charge in [0.25, 0.3) is 23.6 Å². The Hall–Kier alpha value is -4.76. The van der Waals surface area contributed by atoms with E-state index < -0.39 is 43.7 Å². The number of rotatable bonds is 6. The van der Waals surface area contributed by atoms with E-state index in [1.165, 1.54) is 72.8 Å². The highest BCUT2D eigenvalue weighted by molar-refractivity contribution is 7.89. The van der Waals surface area contributed by atoms with E-state index in [0.29, 0.717) is 11.1 Å². The van der Waals surface area contributed by atoms with Crippen LogP contribution in [0.2, 0.25) is 0 Å². The van der Waals surface area contributed by atoms with Crippen LogP contribution in [0.3, 0.4) is 0 Å². The maximum atomic E-state index is 13.5. The summed E-state index contributed by atoms with van der Waals surface area (Å²) >= 11 is 0. The molecule has 14 heteroatoms. The number of imide groups is 2. The molecule has 4 aromatic carbocycles. The van der Waals surface area contributed by atoms with Crippen LogP contribution < -0.4 is 10.3 Å². The van der Waals surface area contributed by atoms with Gasteiger partial charge in [-0.25, -0.2) is 27.1 Å². The van der Waals surface area contributed by atoms with Gasteiger partial charge in [-0.05, 0) is 59.7 Å². The van der Waals surface area contributed by atoms with Gasteiger partial charge in [-0.15, -0.1) is 0 Å². The Morgan fingerprint density at radius 3 is 0.952 bits per heavy atom. The van der Waals surface area contributed by atoms with Crippen LogP contribution in [0.4, 0.5) is 0 Å². The summed E-state index contributed by atoms with van der Waals surface area (Å²) in [6, 6.07) is 16.6. The van der Waals surface area contributed by atoms with Crippen LogP contribution in [0.1, 0.15) is 52.6 Å². The molecule has 0 fully saturated rings. The SMILES string of the molecule is NS(=O)(=O)c1ccc(CN2C(=O)c3ccc4c5c(ccc(c35)C2=O)C(=O)N(Cc2ccc(S(N)(=O)=O)cc2)C4=O)cc1. The second-order valence-electron chi connectivity index (χ2n) is 9.84. The molecule has 0 unspecified atom stereocenters. The van der Waals surface area contributed by atoms with E-state index >= 15 is 0 Å². The van der Waals surface area contributed by atoms with Crippen molar-refractivity contribution in [2.75, 3.05) is 0 Å². The third-order valence-electron chi connectivity index (χ3n) is 7.25. The number of hydrogen-bond acceptors (Lipinski definition) is 8. The fourth-order valence-electron chi connectivity index (χ4n) is 5.20. The first-order valence-corrected chi connectivity index (χ1v) is 15.4. The Morgan fingerprint density at radius 2 is 0.714 bits per heavy atom. The molecule has 212 valence electrons. The molecule has 2 aliphatic rings. The van der Waals surface area contributed by atoms with E-state index in [1.807, 2.05) is 0 Å². The summed E-state index contributed by atoms with van der Waals surface area (Å²) in [5, 5.41) is 10.7. The molecule has 2 heterocycles. The lowest BCUT2D eigenvalue weighted by atomic mass is 9.85. The summed E-state index contributed by atoms with van der Waals surface area (Å²) in [5.74, 6) is -2.54. The third kappa shape index (κ3) is 4.37. The summed E-state index contributed by atoms with van der Waals surface area (Å²) in [7, 11) is -7.83. The first-order chi connectivity index (χ1) is 19.8. The second kappa shape index (κ2) is 9.39. The maximum Gasteiger partial charge on any atom is 0.261 e. The predicted molar refractivity (Wildman–Crippen MR) is 148 cm³/mol. The first kappa shape index (κ1) is 27.4. The summed E-state index contributed by atoms with van der Waals surface area (Å²) in [5.41, 5.74) is 1.52. The van der Waals surface area contributed by atoms with E-state index in [4.69, 9.17) is 10.3 Å². The molecule has 0 aliphatic carbocycles. The molecular weight excluding hydrogens is 584 g/mol. The van der Waals surface area contributed by atoms with E-state index in [-0.39, 0.29) is 55.9 Å². The van der Waals surface area contributed by atoms with Crippen LogP contribution in [-0.4, -0.2) is 50.3 Å². The lowest BCUT2D eigenvalue weighted by Gasteiger charge is -2.32. The molecular formula is C28H20N4O8S2. The Bertz CT molecular complexity index is 1890. The molecule has 4 N–H and O–H groups in total. The minimum absolute atomic E-state index is 0.115. The van der Waals surface area contributed by atoms with Crippen LogP contribution >= 0.6 is 0 Å². The number of carbonyl (C=O) groups excluding carboxylic acids is 4. The van der Waals surface area contributed by atoms with Gasteiger partial charge in [-0.3, -0.25) is 29.0 Å². The lowest BCUT2D eigenvalue weighted by Crippen LogP contribution is -2.42. The number of nitrogens with two attached hydrogens (primary N) is 2. The largest absolute Gasteiger partial charge is 0.270 e. The zero-order valence-electron chi connectivity index (χ0n) is 21.5. The topological polar surface area (TPSA) is 195 Å². The van der Waals surface area contributed by atoms with Gasteiger partial charge in [0.2, 0.25) is 20.0 Å². The number of amides is 4. The Labute approximate surface area is 239 Å². The van der Waals surface area contributed by atoms with Gasteiger partial charge in [-0.2, -0.15) is 0 Å². The van der Waals surface area contributed by atoms with E-state index in [2.05, 4.69) is 0 Å². The Morgan fingerprint density at radius 1 is 0.452 bits per heavy atom. The summed E-state index contributed by atoms with van der Waals surface area (Å²) in [6.07, 6.45) is 0. The van der Waals surface area contributed by atoms with E-state index in [9.17, 15) is 36.0 Å². The van der Waals surface area contributed by atoms with Crippen molar-refractivity contribution in [2.45, 2.75) is 22.9 Å². The van der Waals surface area contributed by atoms with Gasteiger partial charge in [-0.1, -0.05) is 24.3 Å². The molecule has 0 atom stereocenters. The maximum absolute atomic E-state index is 13.5. The van der Waals surface area contributed by atoms with Crippen molar-refractivity contribution >= 4 is 54.4 Å². The molecule has 0 saturated carbocycles. The molecule has 0 saturated heterocycles. The molecule has 4 amide bonds. The van der Waals surface area contributed by atoms with Crippen LogP contribution in [0.5, 0.6) is 0 Å². The van der Waals surface area contributed by atoms with Gasteiger partial charge in [0.1, 0.15) is 0 Å². The number of carbonyl (C=O) groups is 4. The number of benzene rings is 4. The standard InChI is InChI=1S/C28H20N4O8S2/c29-41(37,38)17-5-1-15(2-6-17)13-31-25(33)19-9-11-21-24-22(12-10-20(23(19)24)26(31)34)28(36)32(27(21)35)14-16-3-7-18(8-4-16)42(30,39)40/h1-12H,13-14H2,(H2,29,37,38)(H2,30,39,40). The van der Waals surface area contributed by atoms with Crippen LogP contribution in [0, 0.1) is 0 Å². The lowest BCUT2D eigenvalue weighted by molar-refractivity contribution is 0.0577. The molecule has 42 heavy (non-hydrogen) atoms. The van der Waals surface area contributed by atoms with Crippen molar-refractivity contribution in [1.82, 2.24) is 9.80 Å². The first-order valence-electron chi connectivity index (χ1n) is 12.3. The molecule has 0 radical (unpaired) electrons. The second-order valence-corrected chi connectivity index (χ2v) is 13.0. The van der Waals surface area contributed by atoms with Crippen LogP contribution in [0.15, 0.2) is 82.6 Å². The monoisotopic (exact) mass is 604 g/mol. The van der Waals surface area contributed by atoms with Crippen molar-refractivity contribution in [3.63, 3.8) is 0 Å². The van der Waals surface area contributed by atoms with Gasteiger partial charge >= 0.3 is 0 Å². The minimum atomic E-state index is -3.92. The fraction of sp³-hybridized carbons (Fsp3) is 0.0714. The van der Waals surface area contributed by atoms with E-state index in [1.54, 1.807) is 0 Å². The number of primary sulfonamides is 2. The smallest absolute Gasteiger partial charge is 0.261 e. The summed E-state index contributed by atoms with van der Waals surface area (Å²) in [6.45, 7) is -0.300. The number of hydrogen-bond donors (Lipinski definition) is 2. The van der Waals surface area contributed by atoms with Gasteiger partial charge in [0.15, 0.2) is 0 Å². The van der Waals surface area contributed by atoms with Crippen molar-refractivity contribution in [1.29, 1.82) is 0 Å².